The average molecular weight is 318 g/mol. The van der Waals surface area contributed by atoms with E-state index in [0.717, 1.165) is 6.42 Å². The number of hydrogen-bond donors (Lipinski definition) is 0. The first-order chi connectivity index (χ1) is 9.29. The normalized spacial score (nSPS) is 13.0. The maximum atomic E-state index is 12.4. The first kappa shape index (κ1) is 17.0. The lowest BCUT2D eigenvalue weighted by Gasteiger charge is -2.24. The van der Waals surface area contributed by atoms with Gasteiger partial charge in [0.05, 0.1) is 4.90 Å². The molecular weight excluding hydrogens is 298 g/mol. The van der Waals surface area contributed by atoms with Crippen LogP contribution in [0.15, 0.2) is 29.2 Å². The maximum absolute atomic E-state index is 12.4. The van der Waals surface area contributed by atoms with Gasteiger partial charge in [-0.05, 0) is 31.0 Å². The lowest BCUT2D eigenvalue weighted by Crippen LogP contribution is -2.34. The van der Waals surface area contributed by atoms with Gasteiger partial charge in [0.2, 0.25) is 0 Å². The van der Waals surface area contributed by atoms with E-state index in [1.807, 2.05) is 6.92 Å². The van der Waals surface area contributed by atoms with Crippen LogP contribution in [-0.2, 0) is 9.05 Å². The van der Waals surface area contributed by atoms with Crippen molar-refractivity contribution in [3.8, 4) is 0 Å². The van der Waals surface area contributed by atoms with Gasteiger partial charge >= 0.3 is 0 Å². The van der Waals surface area contributed by atoms with Crippen LogP contribution in [0, 0.1) is 5.92 Å². The van der Waals surface area contributed by atoms with Crippen molar-refractivity contribution in [2.75, 3.05) is 13.1 Å². The third kappa shape index (κ3) is 4.49. The Morgan fingerprint density at radius 3 is 2.50 bits per heavy atom. The van der Waals surface area contributed by atoms with E-state index in [1.165, 1.54) is 18.2 Å². The Labute approximate surface area is 125 Å². The molecular formula is C14H20ClNO3S. The van der Waals surface area contributed by atoms with Crippen LogP contribution in [0.25, 0.3) is 0 Å². The molecule has 0 aliphatic heterocycles. The molecule has 0 N–H and O–H groups in total. The van der Waals surface area contributed by atoms with Crippen LogP contribution in [0.3, 0.4) is 0 Å². The van der Waals surface area contributed by atoms with E-state index >= 15 is 0 Å². The fourth-order valence-corrected chi connectivity index (χ4v) is 2.62. The van der Waals surface area contributed by atoms with Gasteiger partial charge < -0.3 is 4.90 Å². The van der Waals surface area contributed by atoms with Crippen molar-refractivity contribution in [2.45, 2.75) is 32.1 Å². The molecule has 1 rings (SSSR count). The summed E-state index contributed by atoms with van der Waals surface area (Å²) in [6.45, 7) is 7.30. The molecule has 0 spiro atoms. The molecule has 0 saturated heterocycles. The van der Waals surface area contributed by atoms with Crippen LogP contribution in [-0.4, -0.2) is 32.3 Å². The minimum atomic E-state index is -3.82. The van der Waals surface area contributed by atoms with Gasteiger partial charge in [-0.25, -0.2) is 8.42 Å². The summed E-state index contributed by atoms with van der Waals surface area (Å²) in [6, 6.07) is 5.83. The van der Waals surface area contributed by atoms with Gasteiger partial charge in [-0.15, -0.1) is 0 Å². The van der Waals surface area contributed by atoms with E-state index in [4.69, 9.17) is 10.7 Å². The number of rotatable bonds is 6. The van der Waals surface area contributed by atoms with Crippen LogP contribution in [0.5, 0.6) is 0 Å². The highest BCUT2D eigenvalue weighted by atomic mass is 35.7. The van der Waals surface area contributed by atoms with Crippen LogP contribution in [0.4, 0.5) is 0 Å². The highest BCUT2D eigenvalue weighted by molar-refractivity contribution is 8.13. The van der Waals surface area contributed by atoms with Crippen molar-refractivity contribution < 1.29 is 13.2 Å². The Kier molecular flexibility index (Phi) is 6.02. The second-order valence-electron chi connectivity index (χ2n) is 4.82. The first-order valence-electron chi connectivity index (χ1n) is 6.63. The molecule has 0 aliphatic rings. The molecule has 0 aliphatic carbocycles. The molecule has 0 saturated carbocycles. The molecule has 0 heterocycles. The molecule has 0 radical (unpaired) electrons. The number of amides is 1. The lowest BCUT2D eigenvalue weighted by atomic mass is 10.1. The number of carbonyl (C=O) groups is 1. The number of benzene rings is 1. The Morgan fingerprint density at radius 1 is 1.35 bits per heavy atom. The zero-order valence-electron chi connectivity index (χ0n) is 12.0. The SMILES string of the molecule is CCC(C)CN(CC)C(=O)c1cccc(S(=O)(=O)Cl)c1. The van der Waals surface area contributed by atoms with Gasteiger partial charge in [0.15, 0.2) is 0 Å². The zero-order valence-corrected chi connectivity index (χ0v) is 13.5. The molecule has 0 fully saturated rings. The Morgan fingerprint density at radius 2 is 2.00 bits per heavy atom. The summed E-state index contributed by atoms with van der Waals surface area (Å²) in [5.41, 5.74) is 0.344. The van der Waals surface area contributed by atoms with Crippen molar-refractivity contribution in [1.82, 2.24) is 4.90 Å². The minimum absolute atomic E-state index is 0.0513. The van der Waals surface area contributed by atoms with E-state index in [9.17, 15) is 13.2 Å². The van der Waals surface area contributed by atoms with Gasteiger partial charge in [0.25, 0.3) is 15.0 Å². The quantitative estimate of drug-likeness (QED) is 0.757. The molecule has 1 aromatic carbocycles. The highest BCUT2D eigenvalue weighted by Crippen LogP contribution is 2.18. The first-order valence-corrected chi connectivity index (χ1v) is 8.94. The minimum Gasteiger partial charge on any atom is -0.339 e. The summed E-state index contributed by atoms with van der Waals surface area (Å²) in [6.07, 6.45) is 0.986. The summed E-state index contributed by atoms with van der Waals surface area (Å²) in [5, 5.41) is 0. The second kappa shape index (κ2) is 7.09. The molecule has 1 amide bonds. The Hall–Kier alpha value is -1.07. The third-order valence-electron chi connectivity index (χ3n) is 3.26. The van der Waals surface area contributed by atoms with Crippen molar-refractivity contribution in [1.29, 1.82) is 0 Å². The molecule has 1 unspecified atom stereocenters. The molecule has 1 aromatic rings. The van der Waals surface area contributed by atoms with Gasteiger partial charge in [0.1, 0.15) is 0 Å². The summed E-state index contributed by atoms with van der Waals surface area (Å²) < 4.78 is 22.6. The fraction of sp³-hybridized carbons (Fsp3) is 0.500. The molecule has 0 aromatic heterocycles. The number of hydrogen-bond acceptors (Lipinski definition) is 3. The standard InChI is InChI=1S/C14H20ClNO3S/c1-4-11(3)10-16(5-2)14(17)12-7-6-8-13(9-12)20(15,18)19/h6-9,11H,4-5,10H2,1-3H3. The summed E-state index contributed by atoms with van der Waals surface area (Å²) >= 11 is 0. The van der Waals surface area contributed by atoms with Crippen molar-refractivity contribution in [2.24, 2.45) is 5.92 Å². The number of halogens is 1. The van der Waals surface area contributed by atoms with E-state index in [0.29, 0.717) is 24.6 Å². The predicted octanol–water partition coefficient (Wildman–Crippen LogP) is 3.12. The predicted molar refractivity (Wildman–Crippen MR) is 80.5 cm³/mol. The average Bonchev–Trinajstić information content (AvgIpc) is 2.42. The molecule has 20 heavy (non-hydrogen) atoms. The van der Waals surface area contributed by atoms with Gasteiger partial charge in [0, 0.05) is 29.3 Å². The largest absolute Gasteiger partial charge is 0.339 e. The third-order valence-corrected chi connectivity index (χ3v) is 4.61. The molecule has 6 heteroatoms. The van der Waals surface area contributed by atoms with Crippen LogP contribution < -0.4 is 0 Å². The molecule has 4 nitrogen and oxygen atoms in total. The van der Waals surface area contributed by atoms with Crippen LogP contribution in [0.1, 0.15) is 37.6 Å². The second-order valence-corrected chi connectivity index (χ2v) is 7.39. The summed E-state index contributed by atoms with van der Waals surface area (Å²) in [4.78, 5) is 14.1. The van der Waals surface area contributed by atoms with Crippen molar-refractivity contribution in [3.63, 3.8) is 0 Å². The van der Waals surface area contributed by atoms with Gasteiger partial charge in [-0.2, -0.15) is 0 Å². The summed E-state index contributed by atoms with van der Waals surface area (Å²) in [7, 11) is 1.49. The molecule has 0 bridgehead atoms. The van der Waals surface area contributed by atoms with Crippen molar-refractivity contribution in [3.05, 3.63) is 29.8 Å². The van der Waals surface area contributed by atoms with E-state index < -0.39 is 9.05 Å². The topological polar surface area (TPSA) is 54.5 Å². The Balaban J connectivity index is 3.01. The molecule has 1 atom stereocenters. The maximum Gasteiger partial charge on any atom is 0.261 e. The van der Waals surface area contributed by atoms with Gasteiger partial charge in [-0.3, -0.25) is 4.79 Å². The monoisotopic (exact) mass is 317 g/mol. The van der Waals surface area contributed by atoms with Gasteiger partial charge in [-0.1, -0.05) is 26.3 Å². The molecule has 112 valence electrons. The number of nitrogens with zero attached hydrogens (tertiary/aromatic N) is 1. The van der Waals surface area contributed by atoms with E-state index in [1.54, 1.807) is 11.0 Å². The lowest BCUT2D eigenvalue weighted by molar-refractivity contribution is 0.0740. The fourth-order valence-electron chi connectivity index (χ4n) is 1.82. The van der Waals surface area contributed by atoms with Crippen LogP contribution in [0.2, 0.25) is 0 Å². The summed E-state index contributed by atoms with van der Waals surface area (Å²) in [5.74, 6) is 0.230. The highest BCUT2D eigenvalue weighted by Gasteiger charge is 2.18. The van der Waals surface area contributed by atoms with Crippen LogP contribution >= 0.6 is 10.7 Å². The number of carbonyl (C=O) groups excluding carboxylic acids is 1. The zero-order chi connectivity index (χ0) is 15.3. The van der Waals surface area contributed by atoms with E-state index in [2.05, 4.69) is 13.8 Å². The Bertz CT molecular complexity index is 572. The van der Waals surface area contributed by atoms with Crippen molar-refractivity contribution >= 4 is 25.6 Å². The van der Waals surface area contributed by atoms with E-state index in [-0.39, 0.29) is 10.8 Å². The smallest absolute Gasteiger partial charge is 0.261 e.